The Morgan fingerprint density at radius 2 is 2.12 bits per heavy atom. The SMILES string of the molecule is CCNC(=NCC1(c2cccc(F)c2)CCCCC1)N1CC[C@@H](O)C1.I. The maximum absolute atomic E-state index is 13.8. The predicted octanol–water partition coefficient (Wildman–Crippen LogP) is 3.68. The number of nitrogens with zero attached hydrogens (tertiary/aromatic N) is 2. The second kappa shape index (κ2) is 9.88. The molecular formula is C20H31FIN3O. The minimum Gasteiger partial charge on any atom is -0.391 e. The number of aliphatic imine (C=N–C) groups is 1. The largest absolute Gasteiger partial charge is 0.391 e. The van der Waals surface area contributed by atoms with Crippen molar-refractivity contribution >= 4 is 29.9 Å². The molecule has 0 amide bonds. The highest BCUT2D eigenvalue weighted by atomic mass is 127. The van der Waals surface area contributed by atoms with Gasteiger partial charge in [-0.25, -0.2) is 4.39 Å². The summed E-state index contributed by atoms with van der Waals surface area (Å²) in [7, 11) is 0. The molecule has 146 valence electrons. The maximum atomic E-state index is 13.8. The number of rotatable bonds is 4. The second-order valence-electron chi connectivity index (χ2n) is 7.41. The summed E-state index contributed by atoms with van der Waals surface area (Å²) in [6.45, 7) is 5.01. The van der Waals surface area contributed by atoms with Gasteiger partial charge in [0.2, 0.25) is 0 Å². The van der Waals surface area contributed by atoms with Gasteiger partial charge in [-0.2, -0.15) is 0 Å². The van der Waals surface area contributed by atoms with Gasteiger partial charge in [0.1, 0.15) is 5.82 Å². The van der Waals surface area contributed by atoms with E-state index in [2.05, 4.69) is 23.2 Å². The summed E-state index contributed by atoms with van der Waals surface area (Å²) < 4.78 is 13.8. The lowest BCUT2D eigenvalue weighted by atomic mass is 9.69. The zero-order chi connectivity index (χ0) is 17.7. The number of benzene rings is 1. The highest BCUT2D eigenvalue weighted by molar-refractivity contribution is 14.0. The number of nitrogens with one attached hydrogen (secondary N) is 1. The van der Waals surface area contributed by atoms with Gasteiger partial charge in [-0.3, -0.25) is 4.99 Å². The molecule has 1 heterocycles. The molecule has 0 aromatic heterocycles. The van der Waals surface area contributed by atoms with Crippen LogP contribution < -0.4 is 5.32 Å². The van der Waals surface area contributed by atoms with E-state index in [0.717, 1.165) is 43.9 Å². The van der Waals surface area contributed by atoms with Gasteiger partial charge in [-0.1, -0.05) is 31.4 Å². The van der Waals surface area contributed by atoms with Crippen molar-refractivity contribution < 1.29 is 9.50 Å². The molecule has 0 bridgehead atoms. The van der Waals surface area contributed by atoms with Crippen LogP contribution in [-0.4, -0.2) is 48.2 Å². The number of β-amino-alcohol motifs (C(OH)–C–C–N with tert-alkyl or cyclic N) is 1. The molecule has 1 aliphatic carbocycles. The van der Waals surface area contributed by atoms with Gasteiger partial charge in [0.15, 0.2) is 5.96 Å². The van der Waals surface area contributed by atoms with Crippen LogP contribution in [0.5, 0.6) is 0 Å². The molecule has 6 heteroatoms. The molecule has 1 atom stereocenters. The van der Waals surface area contributed by atoms with Crippen LogP contribution in [0.25, 0.3) is 0 Å². The van der Waals surface area contributed by atoms with Gasteiger partial charge < -0.3 is 15.3 Å². The Labute approximate surface area is 173 Å². The van der Waals surface area contributed by atoms with E-state index in [1.54, 1.807) is 6.07 Å². The Balaban J connectivity index is 0.00000243. The standard InChI is InChI=1S/C20H30FN3O.HI/c1-2-22-19(24-12-9-18(25)14-24)23-15-20(10-4-3-5-11-20)16-7-6-8-17(21)13-16;/h6-8,13,18,25H,2-5,9-12,14-15H2,1H3,(H,22,23);1H/t18-;/m1./s1. The van der Waals surface area contributed by atoms with Gasteiger partial charge >= 0.3 is 0 Å². The lowest BCUT2D eigenvalue weighted by Crippen LogP contribution is -2.42. The van der Waals surface area contributed by atoms with Crippen molar-refractivity contribution in [2.24, 2.45) is 4.99 Å². The van der Waals surface area contributed by atoms with Crippen LogP contribution in [0.15, 0.2) is 29.3 Å². The summed E-state index contributed by atoms with van der Waals surface area (Å²) in [4.78, 5) is 7.06. The summed E-state index contributed by atoms with van der Waals surface area (Å²) in [5.41, 5.74) is 1.01. The third kappa shape index (κ3) is 5.09. The zero-order valence-corrected chi connectivity index (χ0v) is 17.9. The van der Waals surface area contributed by atoms with Crippen molar-refractivity contribution in [1.82, 2.24) is 10.2 Å². The Hall–Kier alpha value is -0.890. The first-order valence-corrected chi connectivity index (χ1v) is 9.60. The van der Waals surface area contributed by atoms with E-state index in [1.807, 2.05) is 6.07 Å². The lowest BCUT2D eigenvalue weighted by Gasteiger charge is -2.37. The first kappa shape index (κ1) is 21.4. The summed E-state index contributed by atoms with van der Waals surface area (Å²) in [6, 6.07) is 7.07. The van der Waals surface area contributed by atoms with Crippen LogP contribution in [-0.2, 0) is 5.41 Å². The molecule has 3 rings (SSSR count). The van der Waals surface area contributed by atoms with Crippen LogP contribution in [0.2, 0.25) is 0 Å². The van der Waals surface area contributed by atoms with Gasteiger partial charge in [0, 0.05) is 25.0 Å². The number of aliphatic hydroxyl groups excluding tert-OH is 1. The fourth-order valence-electron chi connectivity index (χ4n) is 4.17. The van der Waals surface area contributed by atoms with Gasteiger partial charge in [-0.05, 0) is 43.9 Å². The first-order valence-electron chi connectivity index (χ1n) is 9.60. The second-order valence-corrected chi connectivity index (χ2v) is 7.41. The van der Waals surface area contributed by atoms with E-state index in [4.69, 9.17) is 4.99 Å². The summed E-state index contributed by atoms with van der Waals surface area (Å²) in [6.07, 6.45) is 6.23. The monoisotopic (exact) mass is 475 g/mol. The van der Waals surface area contributed by atoms with Crippen LogP contribution in [0.1, 0.15) is 51.0 Å². The number of hydrogen-bond acceptors (Lipinski definition) is 2. The fraction of sp³-hybridized carbons (Fsp3) is 0.650. The minimum atomic E-state index is -0.268. The summed E-state index contributed by atoms with van der Waals surface area (Å²) >= 11 is 0. The molecule has 0 unspecified atom stereocenters. The molecule has 1 saturated heterocycles. The molecule has 0 radical (unpaired) electrons. The highest BCUT2D eigenvalue weighted by Gasteiger charge is 2.34. The summed E-state index contributed by atoms with van der Waals surface area (Å²) in [5.74, 6) is 0.710. The van der Waals surface area contributed by atoms with E-state index in [9.17, 15) is 9.50 Å². The van der Waals surface area contributed by atoms with Gasteiger partial charge in [0.25, 0.3) is 0 Å². The molecule has 26 heavy (non-hydrogen) atoms. The molecule has 1 aromatic rings. The Morgan fingerprint density at radius 1 is 1.35 bits per heavy atom. The van der Waals surface area contributed by atoms with Crippen molar-refractivity contribution in [3.8, 4) is 0 Å². The lowest BCUT2D eigenvalue weighted by molar-refractivity contribution is 0.187. The third-order valence-corrected chi connectivity index (χ3v) is 5.58. The van der Waals surface area contributed by atoms with Crippen molar-refractivity contribution in [3.05, 3.63) is 35.6 Å². The van der Waals surface area contributed by atoms with Crippen molar-refractivity contribution in [2.75, 3.05) is 26.2 Å². The topological polar surface area (TPSA) is 47.9 Å². The Kier molecular flexibility index (Phi) is 8.13. The van der Waals surface area contributed by atoms with Crippen LogP contribution in [0.4, 0.5) is 4.39 Å². The van der Waals surface area contributed by atoms with Crippen LogP contribution in [0.3, 0.4) is 0 Å². The Morgan fingerprint density at radius 3 is 2.73 bits per heavy atom. The van der Waals surface area contributed by atoms with E-state index in [1.165, 1.54) is 25.3 Å². The average Bonchev–Trinajstić information content (AvgIpc) is 3.06. The molecular weight excluding hydrogens is 444 g/mol. The number of aliphatic hydroxyl groups is 1. The average molecular weight is 475 g/mol. The normalized spacial score (nSPS) is 22.8. The number of guanidine groups is 1. The smallest absolute Gasteiger partial charge is 0.194 e. The highest BCUT2D eigenvalue weighted by Crippen LogP contribution is 2.40. The van der Waals surface area contributed by atoms with Crippen LogP contribution >= 0.6 is 24.0 Å². The zero-order valence-electron chi connectivity index (χ0n) is 15.6. The minimum absolute atomic E-state index is 0. The molecule has 2 fully saturated rings. The predicted molar refractivity (Wildman–Crippen MR) is 115 cm³/mol. The van der Waals surface area contributed by atoms with Crippen molar-refractivity contribution in [3.63, 3.8) is 0 Å². The number of hydrogen-bond donors (Lipinski definition) is 2. The maximum Gasteiger partial charge on any atom is 0.194 e. The molecule has 2 N–H and O–H groups in total. The van der Waals surface area contributed by atoms with E-state index < -0.39 is 0 Å². The molecule has 1 aliphatic heterocycles. The molecule has 1 aromatic carbocycles. The first-order chi connectivity index (χ1) is 12.1. The number of halogens is 2. The van der Waals surface area contributed by atoms with Crippen LogP contribution in [0, 0.1) is 5.82 Å². The van der Waals surface area contributed by atoms with Gasteiger partial charge in [-0.15, -0.1) is 24.0 Å². The van der Waals surface area contributed by atoms with Crippen molar-refractivity contribution in [1.29, 1.82) is 0 Å². The summed E-state index contributed by atoms with van der Waals surface area (Å²) in [5, 5.41) is 13.2. The Bertz CT molecular complexity index is 604. The molecule has 1 saturated carbocycles. The van der Waals surface area contributed by atoms with E-state index in [0.29, 0.717) is 13.1 Å². The fourth-order valence-corrected chi connectivity index (χ4v) is 4.17. The number of likely N-dealkylation sites (tertiary alicyclic amines) is 1. The van der Waals surface area contributed by atoms with E-state index in [-0.39, 0.29) is 41.3 Å². The quantitative estimate of drug-likeness (QED) is 0.397. The van der Waals surface area contributed by atoms with E-state index >= 15 is 0 Å². The van der Waals surface area contributed by atoms with Gasteiger partial charge in [0.05, 0.1) is 12.6 Å². The molecule has 2 aliphatic rings. The van der Waals surface area contributed by atoms with Crippen molar-refractivity contribution in [2.45, 2.75) is 57.0 Å². The molecule has 0 spiro atoms. The molecule has 4 nitrogen and oxygen atoms in total. The third-order valence-electron chi connectivity index (χ3n) is 5.58.